The largest absolute Gasteiger partial charge is 0.416 e. The van der Waals surface area contributed by atoms with Crippen LogP contribution < -0.4 is 0 Å². The zero-order chi connectivity index (χ0) is 14.5. The summed E-state index contributed by atoms with van der Waals surface area (Å²) in [6.45, 7) is 0. The fraction of sp³-hybridized carbons (Fsp3) is 0.533. The van der Waals surface area contributed by atoms with Gasteiger partial charge in [-0.2, -0.15) is 5.26 Å². The van der Waals surface area contributed by atoms with Crippen LogP contribution in [0.15, 0.2) is 27.2 Å². The second kappa shape index (κ2) is 7.10. The third-order valence-electron chi connectivity index (χ3n) is 3.79. The average molecular weight is 319 g/mol. The summed E-state index contributed by atoms with van der Waals surface area (Å²) in [6.07, 6.45) is 6.72. The van der Waals surface area contributed by atoms with Crippen LogP contribution >= 0.6 is 23.1 Å². The number of hydrogen-bond acceptors (Lipinski definition) is 6. The molecule has 2 aromatic heterocycles. The molecule has 2 aromatic rings. The molecular formula is C15H17N3OS2. The molecule has 110 valence electrons. The van der Waals surface area contributed by atoms with Gasteiger partial charge >= 0.3 is 0 Å². The fourth-order valence-corrected chi connectivity index (χ4v) is 4.36. The van der Waals surface area contributed by atoms with E-state index >= 15 is 0 Å². The van der Waals surface area contributed by atoms with Crippen LogP contribution in [-0.4, -0.2) is 15.4 Å². The lowest BCUT2D eigenvalue weighted by Gasteiger charge is -2.24. The van der Waals surface area contributed by atoms with Gasteiger partial charge in [-0.25, -0.2) is 0 Å². The Labute approximate surface area is 132 Å². The van der Waals surface area contributed by atoms with Gasteiger partial charge in [0, 0.05) is 4.88 Å². The SMILES string of the molecule is N#CC(Sc1nnc(Cc2cccs2)o1)C1CCCCC1. The molecule has 21 heavy (non-hydrogen) atoms. The smallest absolute Gasteiger partial charge is 0.277 e. The first-order valence-corrected chi connectivity index (χ1v) is 9.02. The molecule has 0 aromatic carbocycles. The summed E-state index contributed by atoms with van der Waals surface area (Å²) in [5.41, 5.74) is 0. The monoisotopic (exact) mass is 319 g/mol. The lowest BCUT2D eigenvalue weighted by molar-refractivity contribution is 0.366. The van der Waals surface area contributed by atoms with Gasteiger partial charge in [0.1, 0.15) is 5.25 Å². The summed E-state index contributed by atoms with van der Waals surface area (Å²) in [5, 5.41) is 20.1. The molecule has 2 heterocycles. The normalized spacial score (nSPS) is 17.5. The average Bonchev–Trinajstić information content (AvgIpc) is 3.18. The first kappa shape index (κ1) is 14.6. The van der Waals surface area contributed by atoms with E-state index in [9.17, 15) is 5.26 Å². The summed E-state index contributed by atoms with van der Waals surface area (Å²) < 4.78 is 5.68. The molecule has 1 fully saturated rings. The van der Waals surface area contributed by atoms with Crippen molar-refractivity contribution in [1.82, 2.24) is 10.2 Å². The van der Waals surface area contributed by atoms with Gasteiger partial charge in [-0.05, 0) is 42.0 Å². The third-order valence-corrected chi connectivity index (χ3v) is 5.77. The van der Waals surface area contributed by atoms with Crippen molar-refractivity contribution in [2.45, 2.75) is 49.0 Å². The topological polar surface area (TPSA) is 62.7 Å². The quantitative estimate of drug-likeness (QED) is 0.769. The first-order chi connectivity index (χ1) is 10.3. The van der Waals surface area contributed by atoms with Gasteiger partial charge in [-0.1, -0.05) is 25.3 Å². The van der Waals surface area contributed by atoms with E-state index in [1.165, 1.54) is 35.9 Å². The molecule has 0 bridgehead atoms. The summed E-state index contributed by atoms with van der Waals surface area (Å²) >= 11 is 3.11. The Bertz CT molecular complexity index is 597. The summed E-state index contributed by atoms with van der Waals surface area (Å²) in [7, 11) is 0. The number of rotatable bonds is 5. The highest BCUT2D eigenvalue weighted by Gasteiger charge is 2.26. The molecule has 4 nitrogen and oxygen atoms in total. The second-order valence-electron chi connectivity index (χ2n) is 5.28. The van der Waals surface area contributed by atoms with Crippen molar-refractivity contribution in [1.29, 1.82) is 5.26 Å². The van der Waals surface area contributed by atoms with E-state index in [0.29, 0.717) is 23.5 Å². The minimum Gasteiger partial charge on any atom is -0.416 e. The molecule has 0 spiro atoms. The predicted molar refractivity (Wildman–Crippen MR) is 83.3 cm³/mol. The molecule has 6 heteroatoms. The van der Waals surface area contributed by atoms with Gasteiger partial charge in [-0.15, -0.1) is 21.5 Å². The number of aromatic nitrogens is 2. The molecule has 1 aliphatic carbocycles. The number of thiophene rings is 1. The van der Waals surface area contributed by atoms with Gasteiger partial charge in [0.15, 0.2) is 0 Å². The van der Waals surface area contributed by atoms with Crippen molar-refractivity contribution in [2.75, 3.05) is 0 Å². The van der Waals surface area contributed by atoms with Gasteiger partial charge < -0.3 is 4.42 Å². The Morgan fingerprint density at radius 2 is 2.24 bits per heavy atom. The van der Waals surface area contributed by atoms with Crippen LogP contribution in [0.25, 0.3) is 0 Å². The molecule has 1 saturated carbocycles. The maximum Gasteiger partial charge on any atom is 0.277 e. The Morgan fingerprint density at radius 1 is 1.38 bits per heavy atom. The summed E-state index contributed by atoms with van der Waals surface area (Å²) in [5.74, 6) is 1.08. The van der Waals surface area contributed by atoms with Gasteiger partial charge in [-0.3, -0.25) is 0 Å². The lowest BCUT2D eigenvalue weighted by atomic mass is 9.87. The van der Waals surface area contributed by atoms with Crippen LogP contribution in [0.2, 0.25) is 0 Å². The summed E-state index contributed by atoms with van der Waals surface area (Å²) in [4.78, 5) is 1.21. The van der Waals surface area contributed by atoms with Gasteiger partial charge in [0.05, 0.1) is 12.5 Å². The van der Waals surface area contributed by atoms with Crippen LogP contribution in [0.1, 0.15) is 42.9 Å². The Balaban J connectivity index is 1.61. The van der Waals surface area contributed by atoms with Crippen LogP contribution in [0.3, 0.4) is 0 Å². The molecule has 0 saturated heterocycles. The summed E-state index contributed by atoms with van der Waals surface area (Å²) in [6, 6.07) is 6.48. The molecule has 0 aliphatic heterocycles. The maximum atomic E-state index is 9.39. The van der Waals surface area contributed by atoms with Crippen molar-refractivity contribution < 1.29 is 4.42 Å². The maximum absolute atomic E-state index is 9.39. The molecule has 1 aliphatic rings. The van der Waals surface area contributed by atoms with Crippen LogP contribution in [0.4, 0.5) is 0 Å². The van der Waals surface area contributed by atoms with Crippen molar-refractivity contribution in [3.63, 3.8) is 0 Å². The predicted octanol–water partition coefficient (Wildman–Crippen LogP) is 4.29. The van der Waals surface area contributed by atoms with E-state index in [1.807, 2.05) is 11.4 Å². The van der Waals surface area contributed by atoms with Crippen molar-refractivity contribution in [3.8, 4) is 6.07 Å². The van der Waals surface area contributed by atoms with E-state index in [0.717, 1.165) is 12.8 Å². The third kappa shape index (κ3) is 3.86. The van der Waals surface area contributed by atoms with Crippen molar-refractivity contribution >= 4 is 23.1 Å². The zero-order valence-electron chi connectivity index (χ0n) is 11.7. The number of nitrogens with zero attached hydrogens (tertiary/aromatic N) is 3. The van der Waals surface area contributed by atoms with Crippen molar-refractivity contribution in [3.05, 3.63) is 28.3 Å². The molecule has 3 rings (SSSR count). The van der Waals surface area contributed by atoms with Gasteiger partial charge in [0.25, 0.3) is 5.22 Å². The Kier molecular flexibility index (Phi) is 4.94. The molecule has 1 atom stereocenters. The zero-order valence-corrected chi connectivity index (χ0v) is 13.3. The Hall–Kier alpha value is -1.32. The number of nitriles is 1. The number of thioether (sulfide) groups is 1. The second-order valence-corrected chi connectivity index (χ2v) is 7.41. The van der Waals surface area contributed by atoms with Crippen LogP contribution in [-0.2, 0) is 6.42 Å². The van der Waals surface area contributed by atoms with Crippen molar-refractivity contribution in [2.24, 2.45) is 5.92 Å². The van der Waals surface area contributed by atoms with Crippen LogP contribution in [0.5, 0.6) is 0 Å². The minimum absolute atomic E-state index is 0.0691. The van der Waals surface area contributed by atoms with E-state index in [1.54, 1.807) is 11.3 Å². The molecule has 0 N–H and O–H groups in total. The number of hydrogen-bond donors (Lipinski definition) is 0. The highest BCUT2D eigenvalue weighted by Crippen LogP contribution is 2.35. The first-order valence-electron chi connectivity index (χ1n) is 7.26. The van der Waals surface area contributed by atoms with E-state index in [4.69, 9.17) is 4.42 Å². The molecule has 1 unspecified atom stereocenters. The highest BCUT2D eigenvalue weighted by atomic mass is 32.2. The standard InChI is InChI=1S/C15H17N3OS2/c16-10-13(11-5-2-1-3-6-11)21-15-18-17-14(19-15)9-12-7-4-8-20-12/h4,7-8,11,13H,1-3,5-6,9H2. The fourth-order valence-electron chi connectivity index (χ4n) is 2.69. The van der Waals surface area contributed by atoms with E-state index in [-0.39, 0.29) is 5.25 Å². The van der Waals surface area contributed by atoms with Crippen LogP contribution in [0, 0.1) is 17.2 Å². The van der Waals surface area contributed by atoms with E-state index < -0.39 is 0 Å². The van der Waals surface area contributed by atoms with E-state index in [2.05, 4.69) is 22.3 Å². The minimum atomic E-state index is -0.0691. The highest BCUT2D eigenvalue weighted by molar-refractivity contribution is 7.99. The molecule has 0 amide bonds. The molecular weight excluding hydrogens is 302 g/mol. The lowest BCUT2D eigenvalue weighted by Crippen LogP contribution is -2.18. The van der Waals surface area contributed by atoms with Gasteiger partial charge in [0.2, 0.25) is 5.89 Å². The molecule has 0 radical (unpaired) electrons. The Morgan fingerprint density at radius 3 is 2.95 bits per heavy atom.